The molecule has 18 heavy (non-hydrogen) atoms. The van der Waals surface area contributed by atoms with Gasteiger partial charge in [-0.2, -0.15) is 0 Å². The SMILES string of the molecule is CCCNC(Cc1cccs1)C1C(C)(C)C1(C)C. The summed E-state index contributed by atoms with van der Waals surface area (Å²) in [6.07, 6.45) is 2.41. The molecular weight excluding hydrogens is 238 g/mol. The Morgan fingerprint density at radius 2 is 1.94 bits per heavy atom. The van der Waals surface area contributed by atoms with Crippen LogP contribution in [0, 0.1) is 16.7 Å². The lowest BCUT2D eigenvalue weighted by atomic mass is 10.0. The normalized spacial score (nSPS) is 22.9. The zero-order valence-corrected chi connectivity index (χ0v) is 13.2. The van der Waals surface area contributed by atoms with Crippen molar-refractivity contribution in [3.05, 3.63) is 22.4 Å². The summed E-state index contributed by atoms with van der Waals surface area (Å²) in [6, 6.07) is 5.07. The van der Waals surface area contributed by atoms with E-state index in [2.05, 4.69) is 57.4 Å². The molecule has 0 amide bonds. The molecule has 1 nitrogen and oxygen atoms in total. The summed E-state index contributed by atoms with van der Waals surface area (Å²) < 4.78 is 0. The predicted molar refractivity (Wildman–Crippen MR) is 81.2 cm³/mol. The smallest absolute Gasteiger partial charge is 0.0154 e. The highest BCUT2D eigenvalue weighted by atomic mass is 32.1. The first-order valence-electron chi connectivity index (χ1n) is 7.17. The van der Waals surface area contributed by atoms with Crippen molar-refractivity contribution < 1.29 is 0 Å². The lowest BCUT2D eigenvalue weighted by molar-refractivity contribution is 0.397. The van der Waals surface area contributed by atoms with E-state index in [-0.39, 0.29) is 0 Å². The molecule has 1 aliphatic carbocycles. The van der Waals surface area contributed by atoms with E-state index in [1.165, 1.54) is 17.7 Å². The fourth-order valence-electron chi connectivity index (χ4n) is 3.54. The van der Waals surface area contributed by atoms with Crippen LogP contribution in [0.1, 0.15) is 45.9 Å². The molecule has 1 unspecified atom stereocenters. The lowest BCUT2D eigenvalue weighted by Crippen LogP contribution is -2.35. The van der Waals surface area contributed by atoms with Gasteiger partial charge in [0.15, 0.2) is 0 Å². The van der Waals surface area contributed by atoms with Crippen LogP contribution in [0.2, 0.25) is 0 Å². The maximum atomic E-state index is 3.79. The van der Waals surface area contributed by atoms with Gasteiger partial charge in [0, 0.05) is 10.9 Å². The summed E-state index contributed by atoms with van der Waals surface area (Å²) in [5, 5.41) is 5.98. The molecule has 1 atom stereocenters. The molecule has 0 radical (unpaired) electrons. The summed E-state index contributed by atoms with van der Waals surface area (Å²) in [5.74, 6) is 0.790. The van der Waals surface area contributed by atoms with Gasteiger partial charge in [-0.1, -0.05) is 40.7 Å². The van der Waals surface area contributed by atoms with Crippen LogP contribution in [-0.4, -0.2) is 12.6 Å². The molecule has 2 heteroatoms. The van der Waals surface area contributed by atoms with E-state index in [1.807, 2.05) is 11.3 Å². The molecule has 1 heterocycles. The molecule has 102 valence electrons. The zero-order chi connectivity index (χ0) is 13.4. The van der Waals surface area contributed by atoms with Crippen LogP contribution in [0.25, 0.3) is 0 Å². The Kier molecular flexibility index (Phi) is 3.89. The van der Waals surface area contributed by atoms with Gasteiger partial charge in [0.25, 0.3) is 0 Å². The quantitative estimate of drug-likeness (QED) is 0.806. The molecule has 1 aromatic heterocycles. The first-order valence-corrected chi connectivity index (χ1v) is 8.05. The van der Waals surface area contributed by atoms with Crippen LogP contribution in [-0.2, 0) is 6.42 Å². The van der Waals surface area contributed by atoms with E-state index in [4.69, 9.17) is 0 Å². The maximum absolute atomic E-state index is 3.79. The maximum Gasteiger partial charge on any atom is 0.0154 e. The number of hydrogen-bond donors (Lipinski definition) is 1. The minimum atomic E-state index is 0.468. The Morgan fingerprint density at radius 3 is 2.39 bits per heavy atom. The van der Waals surface area contributed by atoms with E-state index >= 15 is 0 Å². The Morgan fingerprint density at radius 1 is 1.28 bits per heavy atom. The predicted octanol–water partition coefficient (Wildman–Crippen LogP) is 4.34. The van der Waals surface area contributed by atoms with Gasteiger partial charge in [-0.3, -0.25) is 0 Å². The van der Waals surface area contributed by atoms with Gasteiger partial charge in [-0.25, -0.2) is 0 Å². The Hall–Kier alpha value is -0.340. The van der Waals surface area contributed by atoms with Crippen LogP contribution >= 0.6 is 11.3 Å². The molecule has 0 aliphatic heterocycles. The van der Waals surface area contributed by atoms with E-state index in [9.17, 15) is 0 Å². The van der Waals surface area contributed by atoms with Crippen LogP contribution in [0.15, 0.2) is 17.5 Å². The number of thiophene rings is 1. The van der Waals surface area contributed by atoms with Crippen LogP contribution in [0.5, 0.6) is 0 Å². The van der Waals surface area contributed by atoms with Gasteiger partial charge in [0.05, 0.1) is 0 Å². The second-order valence-corrected chi connectivity index (χ2v) is 7.80. The minimum absolute atomic E-state index is 0.468. The fourth-order valence-corrected chi connectivity index (χ4v) is 4.30. The molecule has 1 aliphatic rings. The number of rotatable bonds is 6. The average Bonchev–Trinajstić information content (AvgIpc) is 2.70. The molecule has 1 fully saturated rings. The van der Waals surface area contributed by atoms with Crippen LogP contribution in [0.4, 0.5) is 0 Å². The van der Waals surface area contributed by atoms with Crippen molar-refractivity contribution in [3.63, 3.8) is 0 Å². The molecule has 0 saturated heterocycles. The third-order valence-corrected chi connectivity index (χ3v) is 6.09. The van der Waals surface area contributed by atoms with Gasteiger partial charge < -0.3 is 5.32 Å². The summed E-state index contributed by atoms with van der Waals surface area (Å²) in [6.45, 7) is 13.1. The van der Waals surface area contributed by atoms with Crippen molar-refractivity contribution in [2.45, 2.75) is 53.5 Å². The molecule has 0 aromatic carbocycles. The standard InChI is InChI=1S/C16H27NS/c1-6-9-17-13(11-12-8-7-10-18-12)14-15(2,3)16(14,4)5/h7-8,10,13-14,17H,6,9,11H2,1-5H3. The highest BCUT2D eigenvalue weighted by Crippen LogP contribution is 2.69. The van der Waals surface area contributed by atoms with Crippen molar-refractivity contribution >= 4 is 11.3 Å². The van der Waals surface area contributed by atoms with Crippen molar-refractivity contribution in [2.75, 3.05) is 6.54 Å². The average molecular weight is 265 g/mol. The molecular formula is C16H27NS. The van der Waals surface area contributed by atoms with Gasteiger partial charge in [0.2, 0.25) is 0 Å². The van der Waals surface area contributed by atoms with Crippen molar-refractivity contribution in [3.8, 4) is 0 Å². The Labute approximate surface area is 116 Å². The van der Waals surface area contributed by atoms with Gasteiger partial charge in [-0.15, -0.1) is 11.3 Å². The zero-order valence-electron chi connectivity index (χ0n) is 12.4. The monoisotopic (exact) mass is 265 g/mol. The van der Waals surface area contributed by atoms with Crippen LogP contribution < -0.4 is 5.32 Å². The van der Waals surface area contributed by atoms with E-state index < -0.39 is 0 Å². The minimum Gasteiger partial charge on any atom is -0.313 e. The second-order valence-electron chi connectivity index (χ2n) is 6.77. The first kappa shape index (κ1) is 14.1. The van der Waals surface area contributed by atoms with E-state index in [0.29, 0.717) is 16.9 Å². The third-order valence-electron chi connectivity index (χ3n) is 5.19. The molecule has 2 rings (SSSR count). The topological polar surface area (TPSA) is 12.0 Å². The summed E-state index contributed by atoms with van der Waals surface area (Å²) >= 11 is 1.89. The van der Waals surface area contributed by atoms with Crippen molar-refractivity contribution in [1.82, 2.24) is 5.32 Å². The third kappa shape index (κ3) is 2.37. The molecule has 1 N–H and O–H groups in total. The Balaban J connectivity index is 2.07. The molecule has 1 saturated carbocycles. The van der Waals surface area contributed by atoms with E-state index in [0.717, 1.165) is 12.5 Å². The summed E-state index contributed by atoms with van der Waals surface area (Å²) in [7, 11) is 0. The van der Waals surface area contributed by atoms with Gasteiger partial charge in [0.1, 0.15) is 0 Å². The van der Waals surface area contributed by atoms with E-state index in [1.54, 1.807) is 0 Å². The van der Waals surface area contributed by atoms with Gasteiger partial charge >= 0.3 is 0 Å². The fraction of sp³-hybridized carbons (Fsp3) is 0.750. The highest BCUT2D eigenvalue weighted by Gasteiger charge is 2.66. The molecule has 1 aromatic rings. The number of hydrogen-bond acceptors (Lipinski definition) is 2. The lowest BCUT2D eigenvalue weighted by Gasteiger charge is -2.20. The summed E-state index contributed by atoms with van der Waals surface area (Å²) in [5.41, 5.74) is 0.936. The highest BCUT2D eigenvalue weighted by molar-refractivity contribution is 7.09. The van der Waals surface area contributed by atoms with Crippen molar-refractivity contribution in [2.24, 2.45) is 16.7 Å². The van der Waals surface area contributed by atoms with Crippen molar-refractivity contribution in [1.29, 1.82) is 0 Å². The second kappa shape index (κ2) is 4.97. The van der Waals surface area contributed by atoms with Gasteiger partial charge in [-0.05, 0) is 47.6 Å². The first-order chi connectivity index (χ1) is 8.41. The molecule has 0 bridgehead atoms. The summed E-state index contributed by atoms with van der Waals surface area (Å²) in [4.78, 5) is 1.52. The Bertz CT molecular complexity index is 364. The number of nitrogens with one attached hydrogen (secondary N) is 1. The largest absolute Gasteiger partial charge is 0.313 e. The molecule has 0 spiro atoms. The van der Waals surface area contributed by atoms with Crippen LogP contribution in [0.3, 0.4) is 0 Å².